The largest absolute Gasteiger partial charge is 0.377 e. The molecule has 104 valence electrons. The second-order valence-corrected chi connectivity index (χ2v) is 4.72. The van der Waals surface area contributed by atoms with Crippen LogP contribution in [0.1, 0.15) is 23.9 Å². The number of nitriles is 1. The first kappa shape index (κ1) is 14.4. The molecule has 0 aliphatic rings. The molecule has 0 spiro atoms. The van der Waals surface area contributed by atoms with E-state index in [1.54, 1.807) is 23.9 Å². The maximum absolute atomic E-state index is 13.7. The Labute approximate surface area is 121 Å². The summed E-state index contributed by atoms with van der Waals surface area (Å²) in [4.78, 5) is 0. The van der Waals surface area contributed by atoms with Gasteiger partial charge in [-0.25, -0.2) is 4.39 Å². The van der Waals surface area contributed by atoms with Gasteiger partial charge in [0.05, 0.1) is 40.3 Å². The van der Waals surface area contributed by atoms with Crippen LogP contribution in [-0.2, 0) is 20.0 Å². The van der Waals surface area contributed by atoms with Crippen molar-refractivity contribution in [2.75, 3.05) is 5.32 Å². The molecular formula is C14H14ClFN4. The zero-order valence-corrected chi connectivity index (χ0v) is 12.0. The van der Waals surface area contributed by atoms with E-state index in [2.05, 4.69) is 10.4 Å². The first-order valence-corrected chi connectivity index (χ1v) is 6.58. The van der Waals surface area contributed by atoms with Crippen molar-refractivity contribution in [2.24, 2.45) is 7.05 Å². The predicted octanol–water partition coefficient (Wildman–Crippen LogP) is 3.26. The Bertz CT molecular complexity index is 673. The summed E-state index contributed by atoms with van der Waals surface area (Å²) in [6, 6.07) is 6.20. The monoisotopic (exact) mass is 292 g/mol. The van der Waals surface area contributed by atoms with E-state index in [1.165, 1.54) is 6.07 Å². The Hall–Kier alpha value is -2.06. The summed E-state index contributed by atoms with van der Waals surface area (Å²) >= 11 is 6.22. The third kappa shape index (κ3) is 2.75. The highest BCUT2D eigenvalue weighted by Gasteiger charge is 2.13. The van der Waals surface area contributed by atoms with E-state index in [4.69, 9.17) is 16.9 Å². The zero-order chi connectivity index (χ0) is 14.7. The number of anilines is 1. The molecular weight excluding hydrogens is 279 g/mol. The quantitative estimate of drug-likeness (QED) is 0.941. The summed E-state index contributed by atoms with van der Waals surface area (Å²) in [5.41, 5.74) is 2.25. The van der Waals surface area contributed by atoms with Crippen molar-refractivity contribution in [2.45, 2.75) is 19.9 Å². The third-order valence-corrected chi connectivity index (χ3v) is 3.48. The highest BCUT2D eigenvalue weighted by molar-refractivity contribution is 6.31. The molecule has 6 heteroatoms. The molecule has 0 amide bonds. The average molecular weight is 293 g/mol. The summed E-state index contributed by atoms with van der Waals surface area (Å²) in [6.45, 7) is 2.34. The number of halogens is 2. The highest BCUT2D eigenvalue weighted by Crippen LogP contribution is 2.23. The molecule has 4 nitrogen and oxygen atoms in total. The molecule has 0 bridgehead atoms. The van der Waals surface area contributed by atoms with Crippen molar-refractivity contribution in [3.05, 3.63) is 46.0 Å². The topological polar surface area (TPSA) is 53.6 Å². The Kier molecular flexibility index (Phi) is 4.26. The van der Waals surface area contributed by atoms with Gasteiger partial charge in [-0.05, 0) is 24.6 Å². The Morgan fingerprint density at radius 3 is 2.80 bits per heavy atom. The second kappa shape index (κ2) is 5.93. The van der Waals surface area contributed by atoms with Crippen LogP contribution in [0.15, 0.2) is 18.2 Å². The SMILES string of the molecule is CCc1nn(C)c(CNc2ccc(C#N)cc2F)c1Cl. The lowest BCUT2D eigenvalue weighted by Gasteiger charge is -2.08. The number of benzene rings is 1. The van der Waals surface area contributed by atoms with Crippen LogP contribution in [0.5, 0.6) is 0 Å². The molecule has 0 saturated heterocycles. The molecule has 0 aliphatic heterocycles. The van der Waals surface area contributed by atoms with Crippen molar-refractivity contribution < 1.29 is 4.39 Å². The summed E-state index contributed by atoms with van der Waals surface area (Å²) < 4.78 is 15.4. The minimum atomic E-state index is -0.460. The Morgan fingerprint density at radius 2 is 2.25 bits per heavy atom. The lowest BCUT2D eigenvalue weighted by molar-refractivity contribution is 0.628. The van der Waals surface area contributed by atoms with Crippen LogP contribution < -0.4 is 5.32 Å². The highest BCUT2D eigenvalue weighted by atomic mass is 35.5. The molecule has 0 fully saturated rings. The van der Waals surface area contributed by atoms with Crippen molar-refractivity contribution in [3.63, 3.8) is 0 Å². The smallest absolute Gasteiger partial charge is 0.147 e. The van der Waals surface area contributed by atoms with Gasteiger partial charge in [-0.2, -0.15) is 10.4 Å². The first-order chi connectivity index (χ1) is 9.56. The number of hydrogen-bond donors (Lipinski definition) is 1. The summed E-state index contributed by atoms with van der Waals surface area (Å²) in [5.74, 6) is -0.460. The van der Waals surface area contributed by atoms with E-state index in [0.717, 1.165) is 17.8 Å². The molecule has 0 radical (unpaired) electrons. The van der Waals surface area contributed by atoms with Crippen molar-refractivity contribution in [1.29, 1.82) is 5.26 Å². The molecule has 0 unspecified atom stereocenters. The van der Waals surface area contributed by atoms with Crippen LogP contribution >= 0.6 is 11.6 Å². The van der Waals surface area contributed by atoms with Gasteiger partial charge in [0, 0.05) is 7.05 Å². The molecule has 0 saturated carbocycles. The molecule has 0 atom stereocenters. The van der Waals surface area contributed by atoms with Crippen LogP contribution in [0.4, 0.5) is 10.1 Å². The number of nitrogens with zero attached hydrogens (tertiary/aromatic N) is 3. The van der Waals surface area contributed by atoms with E-state index in [9.17, 15) is 4.39 Å². The van der Waals surface area contributed by atoms with Gasteiger partial charge in [0.25, 0.3) is 0 Å². The third-order valence-electron chi connectivity index (χ3n) is 3.05. The normalized spacial score (nSPS) is 10.3. The van der Waals surface area contributed by atoms with E-state index in [0.29, 0.717) is 22.8 Å². The fourth-order valence-electron chi connectivity index (χ4n) is 1.92. The van der Waals surface area contributed by atoms with Crippen LogP contribution in [-0.4, -0.2) is 9.78 Å². The number of aryl methyl sites for hydroxylation is 2. The minimum absolute atomic E-state index is 0.292. The second-order valence-electron chi connectivity index (χ2n) is 4.34. The minimum Gasteiger partial charge on any atom is -0.377 e. The molecule has 1 aromatic carbocycles. The van der Waals surface area contributed by atoms with Crippen LogP contribution in [0.2, 0.25) is 5.02 Å². The molecule has 1 heterocycles. The zero-order valence-electron chi connectivity index (χ0n) is 11.2. The lowest BCUT2D eigenvalue weighted by atomic mass is 10.2. The Balaban J connectivity index is 2.17. The van der Waals surface area contributed by atoms with E-state index < -0.39 is 5.82 Å². The lowest BCUT2D eigenvalue weighted by Crippen LogP contribution is -2.07. The summed E-state index contributed by atoms with van der Waals surface area (Å²) in [7, 11) is 1.80. The standard InChI is InChI=1S/C14H14ClFN4/c1-3-11-14(15)13(20(2)19-11)8-18-12-5-4-9(7-17)6-10(12)16/h4-6,18H,3,8H2,1-2H3. The van der Waals surface area contributed by atoms with Crippen LogP contribution in [0, 0.1) is 17.1 Å². The number of nitrogens with one attached hydrogen (secondary N) is 1. The van der Waals surface area contributed by atoms with Gasteiger partial charge in [-0.15, -0.1) is 0 Å². The maximum Gasteiger partial charge on any atom is 0.147 e. The van der Waals surface area contributed by atoms with Gasteiger partial charge in [-0.3, -0.25) is 4.68 Å². The molecule has 20 heavy (non-hydrogen) atoms. The average Bonchev–Trinajstić information content (AvgIpc) is 2.72. The number of aromatic nitrogens is 2. The van der Waals surface area contributed by atoms with Gasteiger partial charge in [0.1, 0.15) is 5.82 Å². The molecule has 1 N–H and O–H groups in total. The number of hydrogen-bond acceptors (Lipinski definition) is 3. The van der Waals surface area contributed by atoms with Crippen molar-refractivity contribution in [1.82, 2.24) is 9.78 Å². The van der Waals surface area contributed by atoms with Gasteiger partial charge in [0.15, 0.2) is 0 Å². The predicted molar refractivity (Wildman–Crippen MR) is 76.0 cm³/mol. The van der Waals surface area contributed by atoms with Gasteiger partial charge >= 0.3 is 0 Å². The fraction of sp³-hybridized carbons (Fsp3) is 0.286. The molecule has 2 rings (SSSR count). The Morgan fingerprint density at radius 1 is 1.50 bits per heavy atom. The van der Waals surface area contributed by atoms with Crippen molar-refractivity contribution in [3.8, 4) is 6.07 Å². The molecule has 2 aromatic rings. The van der Waals surface area contributed by atoms with Gasteiger partial charge < -0.3 is 5.32 Å². The summed E-state index contributed by atoms with van der Waals surface area (Å²) in [5, 5.41) is 16.6. The van der Waals surface area contributed by atoms with Crippen LogP contribution in [0.3, 0.4) is 0 Å². The van der Waals surface area contributed by atoms with Gasteiger partial charge in [0.2, 0.25) is 0 Å². The van der Waals surface area contributed by atoms with E-state index >= 15 is 0 Å². The maximum atomic E-state index is 13.7. The molecule has 0 aliphatic carbocycles. The van der Waals surface area contributed by atoms with Gasteiger partial charge in [-0.1, -0.05) is 18.5 Å². The molecule has 1 aromatic heterocycles. The number of rotatable bonds is 4. The first-order valence-electron chi connectivity index (χ1n) is 6.20. The van der Waals surface area contributed by atoms with E-state index in [-0.39, 0.29) is 0 Å². The van der Waals surface area contributed by atoms with Crippen LogP contribution in [0.25, 0.3) is 0 Å². The fourth-order valence-corrected chi connectivity index (χ4v) is 2.28. The van der Waals surface area contributed by atoms with E-state index in [1.807, 2.05) is 13.0 Å². The summed E-state index contributed by atoms with van der Waals surface area (Å²) in [6.07, 6.45) is 0.748. The van der Waals surface area contributed by atoms with Crippen molar-refractivity contribution >= 4 is 17.3 Å².